The van der Waals surface area contributed by atoms with Crippen LogP contribution in [-0.4, -0.2) is 9.78 Å². The number of H-pyrrole nitrogens is 1. The van der Waals surface area contributed by atoms with Gasteiger partial charge in [-0.1, -0.05) is 48.8 Å². The second-order valence-corrected chi connectivity index (χ2v) is 6.58. The third-order valence-electron chi connectivity index (χ3n) is 3.00. The number of benzene rings is 1. The molecule has 5 heteroatoms. The molecule has 1 aromatic carbocycles. The van der Waals surface area contributed by atoms with Crippen molar-refractivity contribution in [3.05, 3.63) is 50.3 Å². The zero-order chi connectivity index (χ0) is 14.2. The molecule has 0 amide bonds. The summed E-state index contributed by atoms with van der Waals surface area (Å²) in [6, 6.07) is 7.86. The molecule has 1 aromatic heterocycles. The van der Waals surface area contributed by atoms with Crippen LogP contribution in [0.15, 0.2) is 33.5 Å². The molecular formula is C14H18BrN3O. The van der Waals surface area contributed by atoms with Gasteiger partial charge in [-0.2, -0.15) is 0 Å². The Labute approximate surface area is 120 Å². The highest BCUT2D eigenvalue weighted by atomic mass is 79.9. The van der Waals surface area contributed by atoms with Gasteiger partial charge in [0, 0.05) is 9.89 Å². The number of nitrogen functional groups attached to an aromatic ring is 1. The van der Waals surface area contributed by atoms with Crippen molar-refractivity contribution >= 4 is 21.6 Å². The summed E-state index contributed by atoms with van der Waals surface area (Å²) in [5.74, 6) is 0. The summed E-state index contributed by atoms with van der Waals surface area (Å²) < 4.78 is 2.57. The Bertz CT molecular complexity index is 632. The molecule has 102 valence electrons. The van der Waals surface area contributed by atoms with Crippen molar-refractivity contribution in [2.24, 2.45) is 0 Å². The number of halogens is 1. The quantitative estimate of drug-likeness (QED) is 0.892. The van der Waals surface area contributed by atoms with Gasteiger partial charge in [0.05, 0.1) is 12.2 Å². The van der Waals surface area contributed by atoms with Gasteiger partial charge in [-0.15, -0.1) is 0 Å². The fourth-order valence-electron chi connectivity index (χ4n) is 1.95. The van der Waals surface area contributed by atoms with Crippen LogP contribution in [0.5, 0.6) is 0 Å². The van der Waals surface area contributed by atoms with E-state index in [1.807, 2.05) is 45.0 Å². The molecule has 0 saturated carbocycles. The van der Waals surface area contributed by atoms with E-state index < -0.39 is 0 Å². The molecule has 0 saturated heterocycles. The molecule has 4 nitrogen and oxygen atoms in total. The smallest absolute Gasteiger partial charge is 0.290 e. The molecule has 0 aliphatic carbocycles. The van der Waals surface area contributed by atoms with Crippen LogP contribution in [0.4, 0.5) is 5.69 Å². The number of aromatic nitrogens is 2. The summed E-state index contributed by atoms with van der Waals surface area (Å²) >= 11 is 3.39. The maximum Gasteiger partial charge on any atom is 0.290 e. The number of rotatable bonds is 2. The molecule has 0 fully saturated rings. The highest BCUT2D eigenvalue weighted by Crippen LogP contribution is 2.23. The van der Waals surface area contributed by atoms with Gasteiger partial charge in [0.2, 0.25) is 0 Å². The van der Waals surface area contributed by atoms with Gasteiger partial charge in [-0.05, 0) is 17.7 Å². The SMILES string of the molecule is CC(C)(C)c1[nH]n(Cc2ccc(Br)cc2)c(=O)c1N. The van der Waals surface area contributed by atoms with Crippen molar-refractivity contribution in [3.8, 4) is 0 Å². The standard InChI is InChI=1S/C14H18BrN3O/c1-14(2,3)12-11(16)13(19)18(17-12)8-9-4-6-10(15)7-5-9/h4-7,17H,8,16H2,1-3H3. The second kappa shape index (κ2) is 4.89. The largest absolute Gasteiger partial charge is 0.393 e. The Morgan fingerprint density at radius 2 is 1.84 bits per heavy atom. The molecule has 0 atom stereocenters. The van der Waals surface area contributed by atoms with Gasteiger partial charge in [-0.3, -0.25) is 9.89 Å². The highest BCUT2D eigenvalue weighted by molar-refractivity contribution is 9.10. The number of hydrogen-bond donors (Lipinski definition) is 2. The van der Waals surface area contributed by atoms with E-state index in [1.165, 1.54) is 0 Å². The maximum atomic E-state index is 12.1. The molecule has 0 unspecified atom stereocenters. The molecule has 0 aliphatic rings. The normalized spacial score (nSPS) is 11.8. The van der Waals surface area contributed by atoms with E-state index in [0.29, 0.717) is 12.2 Å². The Morgan fingerprint density at radius 3 is 2.32 bits per heavy atom. The summed E-state index contributed by atoms with van der Waals surface area (Å²) in [6.45, 7) is 6.57. The molecule has 0 spiro atoms. The van der Waals surface area contributed by atoms with Crippen molar-refractivity contribution in [1.82, 2.24) is 9.78 Å². The monoisotopic (exact) mass is 323 g/mol. The van der Waals surface area contributed by atoms with Gasteiger partial charge < -0.3 is 5.73 Å². The number of nitrogens with two attached hydrogens (primary N) is 1. The van der Waals surface area contributed by atoms with Gasteiger partial charge in [0.25, 0.3) is 5.56 Å². The number of hydrogen-bond acceptors (Lipinski definition) is 2. The Hall–Kier alpha value is -1.49. The first-order valence-electron chi connectivity index (χ1n) is 6.12. The third-order valence-corrected chi connectivity index (χ3v) is 3.52. The van der Waals surface area contributed by atoms with Gasteiger partial charge >= 0.3 is 0 Å². The van der Waals surface area contributed by atoms with E-state index >= 15 is 0 Å². The molecule has 3 N–H and O–H groups in total. The van der Waals surface area contributed by atoms with Gasteiger partial charge in [0.15, 0.2) is 0 Å². The predicted molar refractivity (Wildman–Crippen MR) is 81.4 cm³/mol. The minimum absolute atomic E-state index is 0.159. The molecule has 0 radical (unpaired) electrons. The average Bonchev–Trinajstić information content (AvgIpc) is 2.60. The minimum Gasteiger partial charge on any atom is -0.393 e. The highest BCUT2D eigenvalue weighted by Gasteiger charge is 2.22. The molecule has 0 aliphatic heterocycles. The summed E-state index contributed by atoms with van der Waals surface area (Å²) in [6.07, 6.45) is 0. The van der Waals surface area contributed by atoms with Crippen molar-refractivity contribution in [2.45, 2.75) is 32.7 Å². The number of aromatic amines is 1. The van der Waals surface area contributed by atoms with Crippen LogP contribution in [0.2, 0.25) is 0 Å². The number of nitrogens with one attached hydrogen (secondary N) is 1. The average molecular weight is 324 g/mol. The first kappa shape index (κ1) is 13.9. The lowest BCUT2D eigenvalue weighted by Crippen LogP contribution is -2.19. The lowest BCUT2D eigenvalue weighted by Gasteiger charge is -2.16. The predicted octanol–water partition coefficient (Wildman–Crippen LogP) is 2.87. The Kier molecular flexibility index (Phi) is 3.58. The molecule has 1 heterocycles. The Morgan fingerprint density at radius 1 is 1.26 bits per heavy atom. The third kappa shape index (κ3) is 2.92. The lowest BCUT2D eigenvalue weighted by atomic mass is 9.91. The van der Waals surface area contributed by atoms with Crippen molar-refractivity contribution in [1.29, 1.82) is 0 Å². The van der Waals surface area contributed by atoms with Crippen molar-refractivity contribution in [3.63, 3.8) is 0 Å². The van der Waals surface area contributed by atoms with Gasteiger partial charge in [-0.25, -0.2) is 4.68 Å². The van der Waals surface area contributed by atoms with Crippen LogP contribution in [-0.2, 0) is 12.0 Å². The molecule has 19 heavy (non-hydrogen) atoms. The minimum atomic E-state index is -0.172. The van der Waals surface area contributed by atoms with E-state index in [1.54, 1.807) is 4.68 Å². The fourth-order valence-corrected chi connectivity index (χ4v) is 2.22. The lowest BCUT2D eigenvalue weighted by molar-refractivity contribution is 0.544. The molecule has 2 rings (SSSR count). The van der Waals surface area contributed by atoms with Crippen LogP contribution >= 0.6 is 15.9 Å². The van der Waals surface area contributed by atoms with Crippen molar-refractivity contribution < 1.29 is 0 Å². The topological polar surface area (TPSA) is 63.8 Å². The van der Waals surface area contributed by atoms with Crippen molar-refractivity contribution in [2.75, 3.05) is 5.73 Å². The summed E-state index contributed by atoms with van der Waals surface area (Å²) in [7, 11) is 0. The van der Waals surface area contributed by atoms with Crippen LogP contribution in [0.1, 0.15) is 32.0 Å². The zero-order valence-corrected chi connectivity index (χ0v) is 12.9. The molecule has 2 aromatic rings. The zero-order valence-electron chi connectivity index (χ0n) is 11.3. The van der Waals surface area contributed by atoms with E-state index in [2.05, 4.69) is 21.0 Å². The first-order chi connectivity index (χ1) is 8.79. The van der Waals surface area contributed by atoms with Crippen LogP contribution in [0.25, 0.3) is 0 Å². The molecular weight excluding hydrogens is 306 g/mol. The maximum absolute atomic E-state index is 12.1. The number of nitrogens with zero attached hydrogens (tertiary/aromatic N) is 1. The van der Waals surface area contributed by atoms with Crippen LogP contribution < -0.4 is 11.3 Å². The molecule has 0 bridgehead atoms. The van der Waals surface area contributed by atoms with E-state index in [9.17, 15) is 4.79 Å². The van der Waals surface area contributed by atoms with E-state index in [-0.39, 0.29) is 11.0 Å². The summed E-state index contributed by atoms with van der Waals surface area (Å²) in [5.41, 5.74) is 7.71. The summed E-state index contributed by atoms with van der Waals surface area (Å²) in [4.78, 5) is 12.1. The second-order valence-electron chi connectivity index (χ2n) is 5.67. The van der Waals surface area contributed by atoms with E-state index in [4.69, 9.17) is 5.73 Å². The fraction of sp³-hybridized carbons (Fsp3) is 0.357. The van der Waals surface area contributed by atoms with Crippen LogP contribution in [0.3, 0.4) is 0 Å². The summed E-state index contributed by atoms with van der Waals surface area (Å²) in [5, 5.41) is 3.12. The van der Waals surface area contributed by atoms with E-state index in [0.717, 1.165) is 15.7 Å². The van der Waals surface area contributed by atoms with Gasteiger partial charge in [0.1, 0.15) is 5.69 Å². The van der Waals surface area contributed by atoms with Crippen LogP contribution in [0, 0.1) is 0 Å². The Balaban J connectivity index is 2.37. The first-order valence-corrected chi connectivity index (χ1v) is 6.91. The number of anilines is 1.